The van der Waals surface area contributed by atoms with Crippen LogP contribution in [0.4, 0.5) is 4.79 Å². The van der Waals surface area contributed by atoms with Gasteiger partial charge >= 0.3 is 6.09 Å². The first kappa shape index (κ1) is 46.7. The smallest absolute Gasteiger partial charge is 0.407 e. The molecule has 0 spiro atoms. The first-order valence-electron chi connectivity index (χ1n) is 20.6. The lowest BCUT2D eigenvalue weighted by Crippen LogP contribution is -2.50. The zero-order valence-electron chi connectivity index (χ0n) is 36.3. The number of methoxy groups -OCH3 is 2. The highest BCUT2D eigenvalue weighted by Gasteiger charge is 2.27. The number of hydrogen-bond donors (Lipinski definition) is 5. The van der Waals surface area contributed by atoms with Crippen molar-refractivity contribution in [2.24, 2.45) is 11.8 Å². The molecule has 1 unspecified atom stereocenters. The van der Waals surface area contributed by atoms with Gasteiger partial charge < -0.3 is 40.3 Å². The lowest BCUT2D eigenvalue weighted by molar-refractivity contribution is -0.133. The number of fused-ring (bicyclic) bond motifs is 1. The van der Waals surface area contributed by atoms with Crippen molar-refractivity contribution in [3.8, 4) is 33.6 Å². The average molecular weight is 823 g/mol. The van der Waals surface area contributed by atoms with Gasteiger partial charge in [-0.25, -0.2) is 14.8 Å². The lowest BCUT2D eigenvalue weighted by atomic mass is 9.95. The second-order valence-corrected chi connectivity index (χ2v) is 15.5. The van der Waals surface area contributed by atoms with Crippen LogP contribution in [0.15, 0.2) is 73.1 Å². The van der Waals surface area contributed by atoms with Crippen molar-refractivity contribution < 1.29 is 28.7 Å². The molecule has 5 rings (SSSR count). The Balaban J connectivity index is 0.00000190. The Kier molecular flexibility index (Phi) is 18.3. The van der Waals surface area contributed by atoms with Gasteiger partial charge in [0.15, 0.2) is 0 Å². The largest absolute Gasteiger partial charge is 0.471 e. The highest BCUT2D eigenvalue weighted by Crippen LogP contribution is 2.33. The maximum absolute atomic E-state index is 13.0. The number of nitrogens with zero attached hydrogens (tertiary/aromatic N) is 3. The maximum atomic E-state index is 13.0. The number of alkyl carbamates (subject to hydrolysis) is 1. The molecule has 5 N–H and O–H groups in total. The van der Waals surface area contributed by atoms with Crippen molar-refractivity contribution in [3.63, 3.8) is 0 Å². The highest BCUT2D eigenvalue weighted by atomic mass is 16.5. The number of ether oxygens (including phenoxy) is 2. The van der Waals surface area contributed by atoms with E-state index in [4.69, 9.17) is 9.53 Å². The molecule has 3 amide bonds. The summed E-state index contributed by atoms with van der Waals surface area (Å²) >= 11 is 0. The Hall–Kier alpha value is -6.02. The molecule has 0 saturated carbocycles. The Morgan fingerprint density at radius 3 is 1.98 bits per heavy atom. The average Bonchev–Trinajstić information content (AvgIpc) is 3.94. The van der Waals surface area contributed by atoms with E-state index in [2.05, 4.69) is 101 Å². The number of likely N-dealkylation sites (N-methyl/N-ethyl adjacent to an activating group) is 2. The molecule has 322 valence electrons. The molecular formula is C46H62N8O6. The molecule has 2 aromatic heterocycles. The second-order valence-electron chi connectivity index (χ2n) is 15.5. The minimum absolute atomic E-state index is 0.0519. The van der Waals surface area contributed by atoms with Crippen LogP contribution in [0.3, 0.4) is 0 Å². The minimum atomic E-state index is -0.630. The number of carbonyl (C=O) groups is 4. The number of aromatic amines is 2. The van der Waals surface area contributed by atoms with E-state index in [1.165, 1.54) is 19.6 Å². The Bertz CT molecular complexity index is 2140. The fraction of sp³-hybridized carbons (Fsp3) is 0.435. The monoisotopic (exact) mass is 822 g/mol. The predicted molar refractivity (Wildman–Crippen MR) is 236 cm³/mol. The fourth-order valence-corrected chi connectivity index (χ4v) is 7.02. The standard InChI is InChI=1S/C44H58N8O4.C2H4O2/c1-28(2)40(45-5)42(53)46-22-10-8-18-38-48-27-37(50-38)33-20-21-35-31(25-33)15-13-17-34(35)30-14-12-16-32(24-30)36-26-47-39(49-36)19-9-11-23-52(6)43(54)41(29(3)4)51-44(55)56-7;1-4-2-3/h12-17,20-21,24-29,40-41,45H,8-11,18-19,22-23H2,1-7H3,(H,46,53)(H,47,49)(H,48,50)(H,51,55);2H,1H3/t40-,41?;/m0./s1. The van der Waals surface area contributed by atoms with E-state index in [-0.39, 0.29) is 29.7 Å². The van der Waals surface area contributed by atoms with Gasteiger partial charge in [-0.3, -0.25) is 14.4 Å². The number of carbonyl (C=O) groups excluding carboxylic acids is 4. The fourth-order valence-electron chi connectivity index (χ4n) is 7.02. The number of benzene rings is 3. The molecule has 2 atom stereocenters. The van der Waals surface area contributed by atoms with Crippen LogP contribution in [0.2, 0.25) is 0 Å². The van der Waals surface area contributed by atoms with Crippen LogP contribution in [0.25, 0.3) is 44.4 Å². The summed E-state index contributed by atoms with van der Waals surface area (Å²) in [5, 5.41) is 11.1. The zero-order chi connectivity index (χ0) is 43.6. The lowest BCUT2D eigenvalue weighted by Gasteiger charge is -2.26. The molecule has 0 aliphatic rings. The Morgan fingerprint density at radius 2 is 1.38 bits per heavy atom. The van der Waals surface area contributed by atoms with Crippen molar-refractivity contribution in [1.29, 1.82) is 0 Å². The number of aryl methyl sites for hydroxylation is 2. The van der Waals surface area contributed by atoms with Crippen LogP contribution >= 0.6 is 0 Å². The van der Waals surface area contributed by atoms with Gasteiger partial charge in [0, 0.05) is 44.1 Å². The summed E-state index contributed by atoms with van der Waals surface area (Å²) in [6.07, 6.45) is 8.24. The molecule has 0 saturated heterocycles. The van der Waals surface area contributed by atoms with Crippen molar-refractivity contribution >= 4 is 35.2 Å². The second kappa shape index (κ2) is 23.5. The molecule has 0 fully saturated rings. The first-order valence-corrected chi connectivity index (χ1v) is 20.6. The van der Waals surface area contributed by atoms with Crippen LogP contribution in [0.5, 0.6) is 0 Å². The van der Waals surface area contributed by atoms with E-state index in [1.807, 2.05) is 47.1 Å². The molecular weight excluding hydrogens is 761 g/mol. The number of nitrogens with one attached hydrogen (secondary N) is 5. The van der Waals surface area contributed by atoms with Crippen LogP contribution in [-0.4, -0.2) is 103 Å². The van der Waals surface area contributed by atoms with Crippen molar-refractivity contribution in [3.05, 3.63) is 84.7 Å². The number of H-pyrrole nitrogens is 2. The van der Waals surface area contributed by atoms with Crippen LogP contribution in [0, 0.1) is 11.8 Å². The van der Waals surface area contributed by atoms with Crippen molar-refractivity contribution in [1.82, 2.24) is 40.8 Å². The summed E-state index contributed by atoms with van der Waals surface area (Å²) in [6.45, 7) is 9.49. The topological polar surface area (TPSA) is 183 Å². The Labute approximate surface area is 353 Å². The third-order valence-electron chi connectivity index (χ3n) is 10.4. The van der Waals surface area contributed by atoms with Crippen LogP contribution in [0.1, 0.15) is 65.0 Å². The molecule has 14 nitrogen and oxygen atoms in total. The molecule has 0 aliphatic carbocycles. The summed E-state index contributed by atoms with van der Waals surface area (Å²) in [5.41, 5.74) is 6.36. The number of rotatable bonds is 20. The molecule has 0 bridgehead atoms. The molecule has 14 heteroatoms. The van der Waals surface area contributed by atoms with E-state index in [0.29, 0.717) is 19.6 Å². The minimum Gasteiger partial charge on any atom is -0.471 e. The molecule has 0 aliphatic heterocycles. The van der Waals surface area contributed by atoms with E-state index >= 15 is 0 Å². The van der Waals surface area contributed by atoms with Crippen molar-refractivity contribution in [2.75, 3.05) is 41.4 Å². The van der Waals surface area contributed by atoms with Crippen LogP contribution < -0.4 is 16.0 Å². The van der Waals surface area contributed by atoms with E-state index in [0.717, 1.165) is 89.2 Å². The summed E-state index contributed by atoms with van der Waals surface area (Å²) < 4.78 is 8.55. The SMILES string of the molecule is CN[C@H](C(=O)NCCCCc1ncc(-c2ccc3c(-c4cccc(-c5cnc(CCCCN(C)C(=O)C(NC(=O)OC)C(C)C)[nH]5)c4)cccc3c2)[nH]1)C(C)C.COC=O. The Morgan fingerprint density at radius 1 is 0.783 bits per heavy atom. The summed E-state index contributed by atoms with van der Waals surface area (Å²) in [7, 11) is 6.19. The predicted octanol–water partition coefficient (Wildman–Crippen LogP) is 6.92. The number of imidazole rings is 2. The molecule has 0 radical (unpaired) electrons. The molecule has 3 aromatic carbocycles. The van der Waals surface area contributed by atoms with Gasteiger partial charge in [0.1, 0.15) is 17.7 Å². The number of hydrogen-bond acceptors (Lipinski definition) is 9. The van der Waals surface area contributed by atoms with Gasteiger partial charge in [0.2, 0.25) is 11.8 Å². The normalized spacial score (nSPS) is 12.0. The quantitative estimate of drug-likeness (QED) is 0.0411. The van der Waals surface area contributed by atoms with E-state index < -0.39 is 12.1 Å². The number of aromatic nitrogens is 4. The summed E-state index contributed by atoms with van der Waals surface area (Å²) in [5.74, 6) is 1.95. The summed E-state index contributed by atoms with van der Waals surface area (Å²) in [4.78, 5) is 64.0. The first-order chi connectivity index (χ1) is 28.9. The van der Waals surface area contributed by atoms with Gasteiger partial charge in [-0.15, -0.1) is 0 Å². The van der Waals surface area contributed by atoms with Crippen molar-refractivity contribution in [2.45, 2.75) is 78.3 Å². The van der Waals surface area contributed by atoms with Gasteiger partial charge in [-0.1, -0.05) is 76.2 Å². The maximum Gasteiger partial charge on any atom is 0.407 e. The molecule has 2 heterocycles. The van der Waals surface area contributed by atoms with Gasteiger partial charge in [-0.05, 0) is 78.6 Å². The molecule has 60 heavy (non-hydrogen) atoms. The third-order valence-corrected chi connectivity index (χ3v) is 10.4. The van der Waals surface area contributed by atoms with Gasteiger partial charge in [0.25, 0.3) is 6.47 Å². The third kappa shape index (κ3) is 13.2. The van der Waals surface area contributed by atoms with Crippen LogP contribution in [-0.2, 0) is 36.7 Å². The number of amides is 3. The van der Waals surface area contributed by atoms with E-state index in [9.17, 15) is 14.4 Å². The molecule has 5 aromatic rings. The number of unbranched alkanes of at least 4 members (excludes halogenated alkanes) is 2. The summed E-state index contributed by atoms with van der Waals surface area (Å²) in [6, 6.07) is 20.7. The highest BCUT2D eigenvalue weighted by molar-refractivity contribution is 5.99. The van der Waals surface area contributed by atoms with Gasteiger partial charge in [0.05, 0.1) is 44.0 Å². The van der Waals surface area contributed by atoms with E-state index in [1.54, 1.807) is 11.9 Å². The van der Waals surface area contributed by atoms with Gasteiger partial charge in [-0.2, -0.15) is 0 Å². The zero-order valence-corrected chi connectivity index (χ0v) is 36.3.